The number of halogens is 1. The van der Waals surface area contributed by atoms with E-state index < -0.39 is 11.8 Å². The summed E-state index contributed by atoms with van der Waals surface area (Å²) >= 11 is 0. The zero-order chi connectivity index (χ0) is 22.5. The predicted molar refractivity (Wildman–Crippen MR) is 120 cm³/mol. The Morgan fingerprint density at radius 3 is 2.74 bits per heavy atom. The van der Waals surface area contributed by atoms with E-state index in [0.717, 1.165) is 30.5 Å². The van der Waals surface area contributed by atoms with Crippen molar-refractivity contribution in [3.8, 4) is 0 Å². The molecular weight excluding hydrogens is 393 g/mol. The number of esters is 1. The Morgan fingerprint density at radius 2 is 2.06 bits per heavy atom. The monoisotopic (exact) mass is 423 g/mol. The third kappa shape index (κ3) is 3.95. The number of carbonyl (C=O) groups excluding carboxylic acids is 1. The molecule has 2 unspecified atom stereocenters. The number of fused-ring (bicyclic) bond motifs is 2. The molecule has 0 spiro atoms. The number of ether oxygens (including phenoxy) is 1. The lowest BCUT2D eigenvalue weighted by atomic mass is 9.72. The number of hydrogen-bond donors (Lipinski definition) is 1. The lowest BCUT2D eigenvalue weighted by Crippen LogP contribution is -2.36. The predicted octanol–water partition coefficient (Wildman–Crippen LogP) is 5.12. The zero-order valence-corrected chi connectivity index (χ0v) is 18.8. The molecule has 0 amide bonds. The van der Waals surface area contributed by atoms with Crippen LogP contribution in [0, 0.1) is 17.2 Å². The SMILES string of the molecule is CC1=Nc2nc3c(c(N)c2C(c2cccc(F)c2)C1C(=O)OC(C)C)CC(C)(C)CC3. The highest BCUT2D eigenvalue weighted by atomic mass is 19.1. The van der Waals surface area contributed by atoms with Crippen molar-refractivity contribution < 1.29 is 13.9 Å². The quantitative estimate of drug-likeness (QED) is 0.695. The first-order chi connectivity index (χ1) is 14.6. The number of nitrogens with two attached hydrogens (primary N) is 1. The molecule has 0 radical (unpaired) electrons. The van der Waals surface area contributed by atoms with Gasteiger partial charge in [0.05, 0.1) is 6.10 Å². The van der Waals surface area contributed by atoms with Gasteiger partial charge in [0.15, 0.2) is 5.82 Å². The Hall–Kier alpha value is -2.76. The number of pyridine rings is 1. The van der Waals surface area contributed by atoms with Crippen LogP contribution in [0.15, 0.2) is 29.3 Å². The standard InChI is InChI=1S/C25H30FN3O2/c1-13(2)31-24(30)19-14(3)28-23-21(20(19)15-7-6-8-16(26)11-15)22(27)17-12-25(4,5)10-9-18(17)29-23/h6-8,11,13,19-20H,9-10,12H2,1-5H3,(H2,27,29). The van der Waals surface area contributed by atoms with Gasteiger partial charge in [0.1, 0.15) is 11.7 Å². The van der Waals surface area contributed by atoms with Crippen LogP contribution in [0.4, 0.5) is 15.9 Å². The molecule has 1 aromatic heterocycles. The molecule has 0 saturated carbocycles. The second kappa shape index (κ2) is 7.74. The Kier molecular flexibility index (Phi) is 5.36. The van der Waals surface area contributed by atoms with Crippen molar-refractivity contribution in [2.45, 2.75) is 65.9 Å². The van der Waals surface area contributed by atoms with Gasteiger partial charge in [-0.3, -0.25) is 4.79 Å². The molecule has 2 N–H and O–H groups in total. The van der Waals surface area contributed by atoms with Gasteiger partial charge in [-0.2, -0.15) is 0 Å². The maximum absolute atomic E-state index is 14.2. The van der Waals surface area contributed by atoms with Crippen molar-refractivity contribution in [2.75, 3.05) is 5.73 Å². The summed E-state index contributed by atoms with van der Waals surface area (Å²) in [5.41, 5.74) is 11.5. The minimum absolute atomic E-state index is 0.120. The van der Waals surface area contributed by atoms with Gasteiger partial charge < -0.3 is 10.5 Å². The second-order valence-corrected chi connectivity index (χ2v) is 9.78. The zero-order valence-electron chi connectivity index (χ0n) is 18.8. The van der Waals surface area contributed by atoms with Crippen molar-refractivity contribution in [2.24, 2.45) is 16.3 Å². The molecule has 5 nitrogen and oxygen atoms in total. The maximum Gasteiger partial charge on any atom is 0.315 e. The fourth-order valence-electron chi connectivity index (χ4n) is 4.83. The maximum atomic E-state index is 14.2. The molecule has 2 heterocycles. The van der Waals surface area contributed by atoms with Crippen molar-refractivity contribution in [3.63, 3.8) is 0 Å². The number of aromatic nitrogens is 1. The molecule has 0 bridgehead atoms. The van der Waals surface area contributed by atoms with Gasteiger partial charge in [0, 0.05) is 28.6 Å². The molecule has 1 aliphatic carbocycles. The highest BCUT2D eigenvalue weighted by Crippen LogP contribution is 2.49. The third-order valence-corrected chi connectivity index (χ3v) is 6.33. The number of benzene rings is 1. The average molecular weight is 424 g/mol. The van der Waals surface area contributed by atoms with Gasteiger partial charge in [-0.1, -0.05) is 26.0 Å². The van der Waals surface area contributed by atoms with Gasteiger partial charge >= 0.3 is 5.97 Å². The van der Waals surface area contributed by atoms with E-state index in [1.807, 2.05) is 26.8 Å². The van der Waals surface area contributed by atoms with Crippen molar-refractivity contribution >= 4 is 23.2 Å². The second-order valence-electron chi connectivity index (χ2n) is 9.78. The summed E-state index contributed by atoms with van der Waals surface area (Å²) in [5.74, 6) is -1.39. The lowest BCUT2D eigenvalue weighted by Gasteiger charge is -2.36. The molecule has 2 aromatic rings. The van der Waals surface area contributed by atoms with Crippen LogP contribution in [-0.4, -0.2) is 22.8 Å². The highest BCUT2D eigenvalue weighted by molar-refractivity contribution is 6.05. The van der Waals surface area contributed by atoms with Crippen LogP contribution in [0.5, 0.6) is 0 Å². The number of aliphatic imine (C=N–C) groups is 1. The number of carbonyl (C=O) groups is 1. The average Bonchev–Trinajstić information content (AvgIpc) is 2.67. The van der Waals surface area contributed by atoms with E-state index >= 15 is 0 Å². The first-order valence-electron chi connectivity index (χ1n) is 10.9. The van der Waals surface area contributed by atoms with Crippen molar-refractivity contribution in [1.82, 2.24) is 4.98 Å². The number of anilines is 1. The largest absolute Gasteiger partial charge is 0.462 e. The van der Waals surface area contributed by atoms with Crippen LogP contribution in [0.25, 0.3) is 0 Å². The lowest BCUT2D eigenvalue weighted by molar-refractivity contribution is -0.150. The van der Waals surface area contributed by atoms with E-state index in [-0.39, 0.29) is 23.3 Å². The van der Waals surface area contributed by atoms with E-state index in [1.165, 1.54) is 12.1 Å². The summed E-state index contributed by atoms with van der Waals surface area (Å²) in [5, 5.41) is 0. The molecule has 1 aliphatic heterocycles. The van der Waals surface area contributed by atoms with Gasteiger partial charge in [-0.25, -0.2) is 14.4 Å². The smallest absolute Gasteiger partial charge is 0.315 e. The molecular formula is C25H30FN3O2. The Bertz CT molecular complexity index is 1070. The molecule has 1 aromatic carbocycles. The molecule has 0 fully saturated rings. The minimum Gasteiger partial charge on any atom is -0.462 e. The van der Waals surface area contributed by atoms with E-state index in [2.05, 4.69) is 13.8 Å². The van der Waals surface area contributed by atoms with Crippen LogP contribution < -0.4 is 5.73 Å². The summed E-state index contributed by atoms with van der Waals surface area (Å²) in [7, 11) is 0. The van der Waals surface area contributed by atoms with Gasteiger partial charge in [0.2, 0.25) is 0 Å². The molecule has 0 saturated heterocycles. The molecule has 2 aliphatic rings. The fraction of sp³-hybridized carbons (Fsp3) is 0.480. The Morgan fingerprint density at radius 1 is 1.32 bits per heavy atom. The molecule has 31 heavy (non-hydrogen) atoms. The topological polar surface area (TPSA) is 77.6 Å². The fourth-order valence-corrected chi connectivity index (χ4v) is 4.83. The molecule has 4 rings (SSSR count). The van der Waals surface area contributed by atoms with Crippen LogP contribution >= 0.6 is 0 Å². The van der Waals surface area contributed by atoms with Gasteiger partial charge in [-0.05, 0) is 68.7 Å². The van der Waals surface area contributed by atoms with Crippen LogP contribution in [0.2, 0.25) is 0 Å². The first kappa shape index (κ1) is 21.5. The number of hydrogen-bond acceptors (Lipinski definition) is 5. The van der Waals surface area contributed by atoms with Crippen molar-refractivity contribution in [3.05, 3.63) is 52.5 Å². The van der Waals surface area contributed by atoms with E-state index in [0.29, 0.717) is 28.3 Å². The van der Waals surface area contributed by atoms with Crippen LogP contribution in [0.1, 0.15) is 69.3 Å². The van der Waals surface area contributed by atoms with E-state index in [9.17, 15) is 9.18 Å². The molecule has 164 valence electrons. The van der Waals surface area contributed by atoms with Gasteiger partial charge in [-0.15, -0.1) is 0 Å². The number of nitrogen functional groups attached to an aromatic ring is 1. The third-order valence-electron chi connectivity index (χ3n) is 6.33. The van der Waals surface area contributed by atoms with Crippen molar-refractivity contribution in [1.29, 1.82) is 0 Å². The number of nitrogens with zero attached hydrogens (tertiary/aromatic N) is 2. The van der Waals surface area contributed by atoms with E-state index in [4.69, 9.17) is 20.4 Å². The number of aryl methyl sites for hydroxylation is 1. The summed E-state index contributed by atoms with van der Waals surface area (Å²) in [6.45, 7) is 9.88. The van der Waals surface area contributed by atoms with Crippen LogP contribution in [0.3, 0.4) is 0 Å². The normalized spacial score (nSPS) is 21.8. The van der Waals surface area contributed by atoms with Crippen LogP contribution in [-0.2, 0) is 22.4 Å². The summed E-state index contributed by atoms with van der Waals surface area (Å²) in [6.07, 6.45) is 2.42. The van der Waals surface area contributed by atoms with E-state index in [1.54, 1.807) is 6.07 Å². The molecule has 6 heteroatoms. The molecule has 2 atom stereocenters. The Labute approximate surface area is 182 Å². The minimum atomic E-state index is -0.685. The number of rotatable bonds is 3. The van der Waals surface area contributed by atoms with Gasteiger partial charge in [0.25, 0.3) is 0 Å². The Balaban J connectivity index is 1.94. The summed E-state index contributed by atoms with van der Waals surface area (Å²) < 4.78 is 19.8. The summed E-state index contributed by atoms with van der Waals surface area (Å²) in [4.78, 5) is 22.7. The highest BCUT2D eigenvalue weighted by Gasteiger charge is 2.42. The first-order valence-corrected chi connectivity index (χ1v) is 10.9. The summed E-state index contributed by atoms with van der Waals surface area (Å²) in [6, 6.07) is 6.34.